The van der Waals surface area contributed by atoms with Gasteiger partial charge in [-0.15, -0.1) is 0 Å². The number of rotatable bonds is 8. The number of nitrogens with zero attached hydrogens (tertiary/aromatic N) is 4. The molecule has 1 aromatic heterocycles. The number of hydrogen-bond acceptors (Lipinski definition) is 8. The minimum atomic E-state index is -4.76. The average molecular weight is 580 g/mol. The standard InChI is InChI=1S/C25H34F5N5O5/c1-5-6-17-31-16-13-34(11-8-15(16)19(32-17)25(28,29)30)23(10-12-36,33-21(39)40-22(2,3)4)14-35-18(37)7-9-24(26,27)20(35)38/h12,20,38H,5-11,13-14H2,1-4H3,(H,33,39)/t20-,23?/m0/s1. The molecule has 1 aromatic rings. The molecule has 0 aromatic carbocycles. The van der Waals surface area contributed by atoms with Crippen molar-refractivity contribution in [3.05, 3.63) is 22.8 Å². The molecule has 0 saturated carbocycles. The maximum absolute atomic E-state index is 14.4. The van der Waals surface area contributed by atoms with Crippen LogP contribution < -0.4 is 5.32 Å². The number of aromatic nitrogens is 2. The van der Waals surface area contributed by atoms with Gasteiger partial charge in [0.1, 0.15) is 23.4 Å². The van der Waals surface area contributed by atoms with Crippen LogP contribution in [0, 0.1) is 0 Å². The number of aldehydes is 1. The second kappa shape index (κ2) is 11.5. The molecular weight excluding hydrogens is 545 g/mol. The minimum Gasteiger partial charge on any atom is -0.444 e. The first kappa shape index (κ1) is 31.6. The molecule has 0 aliphatic carbocycles. The molecule has 40 heavy (non-hydrogen) atoms. The molecule has 1 saturated heterocycles. The first-order chi connectivity index (χ1) is 18.4. The summed E-state index contributed by atoms with van der Waals surface area (Å²) in [6.07, 6.45) is -9.66. The van der Waals surface area contributed by atoms with Gasteiger partial charge in [0.2, 0.25) is 5.91 Å². The molecule has 2 aliphatic heterocycles. The fraction of sp³-hybridized carbons (Fsp3) is 0.720. The van der Waals surface area contributed by atoms with E-state index in [0.29, 0.717) is 17.6 Å². The smallest absolute Gasteiger partial charge is 0.433 e. The predicted molar refractivity (Wildman–Crippen MR) is 130 cm³/mol. The molecule has 1 unspecified atom stereocenters. The van der Waals surface area contributed by atoms with E-state index < -0.39 is 73.1 Å². The number of aliphatic hydroxyl groups excluding tert-OH is 1. The third-order valence-corrected chi connectivity index (χ3v) is 6.71. The quantitative estimate of drug-likeness (QED) is 0.356. The first-order valence-corrected chi connectivity index (χ1v) is 12.9. The molecule has 0 bridgehead atoms. The Morgan fingerprint density at radius 3 is 2.48 bits per heavy atom. The van der Waals surface area contributed by atoms with Crippen LogP contribution in [0.3, 0.4) is 0 Å². The van der Waals surface area contributed by atoms with E-state index in [1.807, 2.05) is 0 Å². The van der Waals surface area contributed by atoms with E-state index >= 15 is 0 Å². The van der Waals surface area contributed by atoms with Crippen LogP contribution in [0.25, 0.3) is 0 Å². The van der Waals surface area contributed by atoms with Crippen molar-refractivity contribution in [1.82, 2.24) is 25.1 Å². The van der Waals surface area contributed by atoms with E-state index in [2.05, 4.69) is 15.3 Å². The van der Waals surface area contributed by atoms with Gasteiger partial charge < -0.3 is 24.9 Å². The lowest BCUT2D eigenvalue weighted by Gasteiger charge is -2.49. The summed E-state index contributed by atoms with van der Waals surface area (Å²) in [6, 6.07) is 0. The Morgan fingerprint density at radius 1 is 1.23 bits per heavy atom. The van der Waals surface area contributed by atoms with Gasteiger partial charge in [-0.1, -0.05) is 6.92 Å². The number of nitrogens with one attached hydrogen (secondary N) is 1. The highest BCUT2D eigenvalue weighted by molar-refractivity contribution is 5.78. The Hall–Kier alpha value is -2.94. The Bertz CT molecular complexity index is 1130. The second-order valence-electron chi connectivity index (χ2n) is 11.0. The second-order valence-corrected chi connectivity index (χ2v) is 11.0. The molecule has 0 spiro atoms. The van der Waals surface area contributed by atoms with E-state index in [4.69, 9.17) is 4.74 Å². The summed E-state index contributed by atoms with van der Waals surface area (Å²) in [6.45, 7) is 5.14. The van der Waals surface area contributed by atoms with Crippen molar-refractivity contribution in [1.29, 1.82) is 0 Å². The highest BCUT2D eigenvalue weighted by Gasteiger charge is 2.52. The number of hydrogen-bond donors (Lipinski definition) is 2. The number of carbonyl (C=O) groups excluding carboxylic acids is 3. The number of likely N-dealkylation sites (tertiary alicyclic amines) is 1. The lowest BCUT2D eigenvalue weighted by molar-refractivity contribution is -0.211. The number of alkyl carbamates (subject to hydrolysis) is 1. The normalized spacial score (nSPS) is 21.4. The summed E-state index contributed by atoms with van der Waals surface area (Å²) in [4.78, 5) is 47.4. The summed E-state index contributed by atoms with van der Waals surface area (Å²) in [5.41, 5.74) is -4.18. The monoisotopic (exact) mass is 579 g/mol. The summed E-state index contributed by atoms with van der Waals surface area (Å²) < 4.78 is 75.8. The molecule has 0 radical (unpaired) electrons. The summed E-state index contributed by atoms with van der Waals surface area (Å²) in [5, 5.41) is 12.9. The van der Waals surface area contributed by atoms with Crippen LogP contribution in [0.5, 0.6) is 0 Å². The molecule has 3 heterocycles. The summed E-state index contributed by atoms with van der Waals surface area (Å²) in [7, 11) is 0. The molecule has 15 heteroatoms. The minimum absolute atomic E-state index is 0.00543. The van der Waals surface area contributed by atoms with Gasteiger partial charge in [0.25, 0.3) is 5.92 Å². The number of carbonyl (C=O) groups is 3. The van der Waals surface area contributed by atoms with Gasteiger partial charge in [-0.2, -0.15) is 13.2 Å². The lowest BCUT2D eigenvalue weighted by Crippen LogP contribution is -2.70. The van der Waals surface area contributed by atoms with Gasteiger partial charge in [-0.3, -0.25) is 9.69 Å². The number of aryl methyl sites for hydroxylation is 1. The van der Waals surface area contributed by atoms with Crippen molar-refractivity contribution in [3.8, 4) is 0 Å². The molecule has 10 nitrogen and oxygen atoms in total. The van der Waals surface area contributed by atoms with Gasteiger partial charge in [-0.05, 0) is 33.6 Å². The van der Waals surface area contributed by atoms with Crippen LogP contribution >= 0.6 is 0 Å². The van der Waals surface area contributed by atoms with E-state index in [9.17, 15) is 41.4 Å². The molecular formula is C25H34F5N5O5. The Kier molecular flexibility index (Phi) is 9.09. The number of alkyl halides is 5. The number of halogens is 5. The SMILES string of the molecule is CCCc1nc2c(c(C(F)(F)F)n1)CCN(C(CC=O)(CN1C(=O)CCC(F)(F)[C@@H]1O)NC(=O)OC(C)(C)C)C2. The topological polar surface area (TPSA) is 125 Å². The van der Waals surface area contributed by atoms with Crippen molar-refractivity contribution in [2.45, 2.75) is 102 Å². The Labute approximate surface area is 228 Å². The summed E-state index contributed by atoms with van der Waals surface area (Å²) >= 11 is 0. The molecule has 3 rings (SSSR count). The first-order valence-electron chi connectivity index (χ1n) is 12.9. The van der Waals surface area contributed by atoms with Crippen molar-refractivity contribution in [2.24, 2.45) is 0 Å². The highest BCUT2D eigenvalue weighted by Crippen LogP contribution is 2.37. The fourth-order valence-electron chi connectivity index (χ4n) is 4.88. The van der Waals surface area contributed by atoms with Crippen molar-refractivity contribution >= 4 is 18.3 Å². The van der Waals surface area contributed by atoms with Crippen molar-refractivity contribution < 1.29 is 46.2 Å². The van der Waals surface area contributed by atoms with Crippen molar-refractivity contribution in [2.75, 3.05) is 13.1 Å². The zero-order valence-electron chi connectivity index (χ0n) is 22.8. The molecule has 2 atom stereocenters. The number of fused-ring (bicyclic) bond motifs is 1. The number of piperidine rings is 1. The maximum Gasteiger partial charge on any atom is 0.433 e. The fourth-order valence-corrected chi connectivity index (χ4v) is 4.88. The number of ether oxygens (including phenoxy) is 1. The molecule has 1 fully saturated rings. The van der Waals surface area contributed by atoms with Gasteiger partial charge in [0, 0.05) is 44.3 Å². The molecule has 2 aliphatic rings. The van der Waals surface area contributed by atoms with E-state index in [1.54, 1.807) is 27.7 Å². The largest absolute Gasteiger partial charge is 0.444 e. The van der Waals surface area contributed by atoms with Crippen LogP contribution in [-0.4, -0.2) is 79.7 Å². The molecule has 224 valence electrons. The average Bonchev–Trinajstić information content (AvgIpc) is 2.82. The van der Waals surface area contributed by atoms with E-state index in [-0.39, 0.29) is 43.0 Å². The highest BCUT2D eigenvalue weighted by atomic mass is 19.4. The molecule has 2 amide bonds. The van der Waals surface area contributed by atoms with Gasteiger partial charge >= 0.3 is 12.3 Å². The van der Waals surface area contributed by atoms with Gasteiger partial charge in [-0.25, -0.2) is 23.5 Å². The number of aliphatic hydroxyl groups is 1. The van der Waals surface area contributed by atoms with E-state index in [1.165, 1.54) is 4.90 Å². The lowest BCUT2D eigenvalue weighted by atomic mass is 9.94. The van der Waals surface area contributed by atoms with Crippen LogP contribution in [0.4, 0.5) is 26.7 Å². The van der Waals surface area contributed by atoms with Gasteiger partial charge in [0.05, 0.1) is 12.2 Å². The zero-order valence-corrected chi connectivity index (χ0v) is 22.8. The predicted octanol–water partition coefficient (Wildman–Crippen LogP) is 3.19. The van der Waals surface area contributed by atoms with Gasteiger partial charge in [0.15, 0.2) is 11.9 Å². The summed E-state index contributed by atoms with van der Waals surface area (Å²) in [5.74, 6) is -4.55. The Morgan fingerprint density at radius 2 is 1.90 bits per heavy atom. The van der Waals surface area contributed by atoms with Crippen LogP contribution in [-0.2, 0) is 39.9 Å². The van der Waals surface area contributed by atoms with Crippen molar-refractivity contribution in [3.63, 3.8) is 0 Å². The van der Waals surface area contributed by atoms with Crippen LogP contribution in [0.2, 0.25) is 0 Å². The van der Waals surface area contributed by atoms with E-state index in [0.717, 1.165) is 0 Å². The third-order valence-electron chi connectivity index (χ3n) is 6.71. The van der Waals surface area contributed by atoms with Crippen LogP contribution in [0.1, 0.15) is 76.2 Å². The number of amides is 2. The zero-order chi connectivity index (χ0) is 30.1. The third kappa shape index (κ3) is 7.03. The molecule has 2 N–H and O–H groups in total. The van der Waals surface area contributed by atoms with Crippen LogP contribution in [0.15, 0.2) is 0 Å². The maximum atomic E-state index is 14.4. The Balaban J connectivity index is 2.10.